The van der Waals surface area contributed by atoms with Crippen LogP contribution in [0.1, 0.15) is 40.5 Å². The zero-order valence-electron chi connectivity index (χ0n) is 14.7. The predicted octanol–water partition coefficient (Wildman–Crippen LogP) is 1.81. The van der Waals surface area contributed by atoms with Gasteiger partial charge in [0.1, 0.15) is 6.54 Å². The molecule has 1 aliphatic heterocycles. The van der Waals surface area contributed by atoms with Crippen LogP contribution in [0.3, 0.4) is 0 Å². The molecule has 0 aromatic carbocycles. The molecule has 134 valence electrons. The third-order valence-electron chi connectivity index (χ3n) is 3.04. The van der Waals surface area contributed by atoms with E-state index in [2.05, 4.69) is 27.0 Å². The molecule has 0 radical (unpaired) electrons. The Hall–Kier alpha value is -0.830. The van der Waals surface area contributed by atoms with E-state index in [0.717, 1.165) is 39.1 Å². The lowest BCUT2D eigenvalue weighted by Gasteiger charge is -2.20. The third-order valence-corrected chi connectivity index (χ3v) is 3.04. The normalized spacial score (nSPS) is 15.3. The summed E-state index contributed by atoms with van der Waals surface area (Å²) in [6, 6.07) is 0. The average Bonchev–Trinajstić information content (AvgIpc) is 2.44. The fraction of sp³-hybridized carbons (Fsp3) is 0.750. The number of aliphatic imine (C=N–C) groups is 1. The summed E-state index contributed by atoms with van der Waals surface area (Å²) in [7, 11) is 0. The van der Waals surface area contributed by atoms with Crippen molar-refractivity contribution in [2.45, 2.75) is 46.1 Å². The molecule has 0 aliphatic carbocycles. The maximum absolute atomic E-state index is 11.8. The van der Waals surface area contributed by atoms with Crippen molar-refractivity contribution in [2.24, 2.45) is 4.99 Å². The molecule has 1 rings (SSSR count). The Bertz CT molecular complexity index is 417. The quantitative estimate of drug-likeness (QED) is 0.256. The highest BCUT2D eigenvalue weighted by Gasteiger charge is 2.13. The summed E-state index contributed by atoms with van der Waals surface area (Å²) >= 11 is 0. The van der Waals surface area contributed by atoms with Crippen LogP contribution >= 0.6 is 24.0 Å². The van der Waals surface area contributed by atoms with Gasteiger partial charge in [-0.15, -0.1) is 24.0 Å². The van der Waals surface area contributed by atoms with Crippen LogP contribution < -0.4 is 16.0 Å². The lowest BCUT2D eigenvalue weighted by molar-refractivity contribution is -0.121. The van der Waals surface area contributed by atoms with Crippen LogP contribution in [0.2, 0.25) is 0 Å². The van der Waals surface area contributed by atoms with Crippen LogP contribution in [0.4, 0.5) is 0 Å². The van der Waals surface area contributed by atoms with E-state index in [4.69, 9.17) is 4.74 Å². The fourth-order valence-corrected chi connectivity index (χ4v) is 2.08. The van der Waals surface area contributed by atoms with Gasteiger partial charge < -0.3 is 20.7 Å². The molecule has 0 spiro atoms. The summed E-state index contributed by atoms with van der Waals surface area (Å²) in [6.07, 6.45) is 4.12. The predicted molar refractivity (Wildman–Crippen MR) is 105 cm³/mol. The van der Waals surface area contributed by atoms with Crippen LogP contribution in [0.25, 0.3) is 0 Å². The number of carbonyl (C=O) groups excluding carboxylic acids is 1. The Labute approximate surface area is 156 Å². The molecule has 0 atom stereocenters. The molecule has 3 N–H and O–H groups in total. The highest BCUT2D eigenvalue weighted by Crippen LogP contribution is 2.10. The Morgan fingerprint density at radius 3 is 2.65 bits per heavy atom. The monoisotopic (exact) mass is 438 g/mol. The standard InChI is InChI=1S/C16H30N4O2.HI/c1-5-17-15(19-12-14(21)20-16(2,3)4)18-9-6-13-7-10-22-11-8-13;/h7H,5-6,8-12H2,1-4H3,(H,20,21)(H2,17,18,19);1H. The maximum Gasteiger partial charge on any atom is 0.242 e. The van der Waals surface area contributed by atoms with Crippen molar-refractivity contribution >= 4 is 35.8 Å². The number of hydrogen-bond acceptors (Lipinski definition) is 3. The minimum atomic E-state index is -0.228. The van der Waals surface area contributed by atoms with Crippen molar-refractivity contribution in [3.63, 3.8) is 0 Å². The van der Waals surface area contributed by atoms with Crippen molar-refractivity contribution in [1.82, 2.24) is 16.0 Å². The van der Waals surface area contributed by atoms with Crippen LogP contribution in [-0.4, -0.2) is 50.3 Å². The van der Waals surface area contributed by atoms with Gasteiger partial charge in [-0.1, -0.05) is 11.6 Å². The summed E-state index contributed by atoms with van der Waals surface area (Å²) in [5, 5.41) is 9.32. The molecule has 6 nitrogen and oxygen atoms in total. The number of guanidine groups is 1. The largest absolute Gasteiger partial charge is 0.377 e. The summed E-state index contributed by atoms with van der Waals surface area (Å²) in [6.45, 7) is 11.1. The smallest absolute Gasteiger partial charge is 0.242 e. The second kappa shape index (κ2) is 11.7. The van der Waals surface area contributed by atoms with Crippen LogP contribution in [0.15, 0.2) is 16.6 Å². The van der Waals surface area contributed by atoms with Gasteiger partial charge in [0, 0.05) is 18.6 Å². The van der Waals surface area contributed by atoms with Crippen molar-refractivity contribution in [3.8, 4) is 0 Å². The Morgan fingerprint density at radius 1 is 1.35 bits per heavy atom. The number of halogens is 1. The van der Waals surface area contributed by atoms with Gasteiger partial charge in [-0.2, -0.15) is 0 Å². The molecule has 1 heterocycles. The minimum absolute atomic E-state index is 0. The average molecular weight is 438 g/mol. The number of carbonyl (C=O) groups is 1. The topological polar surface area (TPSA) is 74.8 Å². The molecule has 0 saturated heterocycles. The molecule has 0 unspecified atom stereocenters. The van der Waals surface area contributed by atoms with Crippen molar-refractivity contribution < 1.29 is 9.53 Å². The van der Waals surface area contributed by atoms with Crippen molar-refractivity contribution in [3.05, 3.63) is 11.6 Å². The van der Waals surface area contributed by atoms with E-state index in [1.54, 1.807) is 0 Å². The summed E-state index contributed by atoms with van der Waals surface area (Å²) < 4.78 is 5.29. The van der Waals surface area contributed by atoms with Gasteiger partial charge in [-0.3, -0.25) is 4.79 Å². The number of amides is 1. The molecule has 0 fully saturated rings. The van der Waals surface area contributed by atoms with E-state index in [1.165, 1.54) is 5.57 Å². The molecule has 0 saturated carbocycles. The first-order valence-corrected chi connectivity index (χ1v) is 7.99. The highest BCUT2D eigenvalue weighted by molar-refractivity contribution is 14.0. The Morgan fingerprint density at radius 2 is 2.09 bits per heavy atom. The molecular formula is C16H31IN4O2. The zero-order valence-corrected chi connectivity index (χ0v) is 17.0. The second-order valence-electron chi connectivity index (χ2n) is 6.36. The Balaban J connectivity index is 0.00000484. The van der Waals surface area contributed by atoms with E-state index in [9.17, 15) is 4.79 Å². The van der Waals surface area contributed by atoms with E-state index in [1.807, 2.05) is 27.7 Å². The zero-order chi connectivity index (χ0) is 16.4. The number of nitrogens with one attached hydrogen (secondary N) is 3. The minimum Gasteiger partial charge on any atom is -0.377 e. The molecular weight excluding hydrogens is 407 g/mol. The SMILES string of the molecule is CCNC(=NCC(=O)NC(C)(C)C)NCCC1=CCOCC1.I. The summed E-state index contributed by atoms with van der Waals surface area (Å²) in [4.78, 5) is 16.1. The van der Waals surface area contributed by atoms with Gasteiger partial charge in [-0.05, 0) is 40.5 Å². The van der Waals surface area contributed by atoms with Crippen LogP contribution in [0, 0.1) is 0 Å². The number of rotatable bonds is 6. The second-order valence-corrected chi connectivity index (χ2v) is 6.36. The van der Waals surface area contributed by atoms with Crippen molar-refractivity contribution in [2.75, 3.05) is 32.8 Å². The first-order chi connectivity index (χ1) is 10.4. The van der Waals surface area contributed by atoms with E-state index >= 15 is 0 Å². The molecule has 7 heteroatoms. The van der Waals surface area contributed by atoms with E-state index in [0.29, 0.717) is 5.96 Å². The highest BCUT2D eigenvalue weighted by atomic mass is 127. The summed E-state index contributed by atoms with van der Waals surface area (Å²) in [5.41, 5.74) is 1.19. The molecule has 23 heavy (non-hydrogen) atoms. The number of nitrogens with zero attached hydrogens (tertiary/aromatic N) is 1. The Kier molecular flexibility index (Phi) is 11.2. The van der Waals surface area contributed by atoms with E-state index < -0.39 is 0 Å². The molecule has 0 aromatic rings. The third kappa shape index (κ3) is 11.4. The van der Waals surface area contributed by atoms with Crippen LogP contribution in [-0.2, 0) is 9.53 Å². The fourth-order valence-electron chi connectivity index (χ4n) is 2.08. The number of ether oxygens (including phenoxy) is 1. The van der Waals surface area contributed by atoms with Gasteiger partial charge in [0.2, 0.25) is 5.91 Å². The lowest BCUT2D eigenvalue weighted by atomic mass is 10.1. The molecule has 1 aliphatic rings. The van der Waals surface area contributed by atoms with Gasteiger partial charge in [0.15, 0.2) is 5.96 Å². The molecule has 1 amide bonds. The van der Waals surface area contributed by atoms with Gasteiger partial charge >= 0.3 is 0 Å². The van der Waals surface area contributed by atoms with E-state index in [-0.39, 0.29) is 42.0 Å². The van der Waals surface area contributed by atoms with Gasteiger partial charge in [0.25, 0.3) is 0 Å². The molecule has 0 aromatic heterocycles. The van der Waals surface area contributed by atoms with Gasteiger partial charge in [0.05, 0.1) is 13.2 Å². The molecule has 0 bridgehead atoms. The first kappa shape index (κ1) is 22.2. The van der Waals surface area contributed by atoms with Crippen LogP contribution in [0.5, 0.6) is 0 Å². The first-order valence-electron chi connectivity index (χ1n) is 7.99. The van der Waals surface area contributed by atoms with Gasteiger partial charge in [-0.25, -0.2) is 4.99 Å². The maximum atomic E-state index is 11.8. The lowest BCUT2D eigenvalue weighted by Crippen LogP contribution is -2.43. The summed E-state index contributed by atoms with van der Waals surface area (Å²) in [5.74, 6) is 0.607. The van der Waals surface area contributed by atoms with Crippen molar-refractivity contribution in [1.29, 1.82) is 0 Å². The number of hydrogen-bond donors (Lipinski definition) is 3.